The molecule has 1 saturated heterocycles. The van der Waals surface area contributed by atoms with E-state index < -0.39 is 0 Å². The molecule has 2 aliphatic heterocycles. The third-order valence-electron chi connectivity index (χ3n) is 5.79. The van der Waals surface area contributed by atoms with Crippen LogP contribution in [0.2, 0.25) is 0 Å². The Labute approximate surface area is 133 Å². The Balaban J connectivity index is 1.31. The molecule has 2 heterocycles. The summed E-state index contributed by atoms with van der Waals surface area (Å²) < 4.78 is 10.8. The van der Waals surface area contributed by atoms with Gasteiger partial charge in [0, 0.05) is 12.6 Å². The normalized spacial score (nSPS) is 30.5. The standard InChI is InChI=1S/C19H26NO2/c1-20-12-15(16-7-2-3-8-17(16)20)6-4-5-14-9-10-18-19(11-14)22-13-21-18/h5,9-11,15-17H,2-4,6-8,12-13H2,1H3. The van der Waals surface area contributed by atoms with Gasteiger partial charge in [0.2, 0.25) is 6.79 Å². The zero-order chi connectivity index (χ0) is 14.9. The fraction of sp³-hybridized carbons (Fsp3) is 0.632. The van der Waals surface area contributed by atoms with E-state index in [0.717, 1.165) is 29.4 Å². The van der Waals surface area contributed by atoms with Gasteiger partial charge in [-0.15, -0.1) is 0 Å². The first kappa shape index (κ1) is 14.4. The van der Waals surface area contributed by atoms with Gasteiger partial charge < -0.3 is 14.4 Å². The van der Waals surface area contributed by atoms with Gasteiger partial charge in [0.1, 0.15) is 0 Å². The van der Waals surface area contributed by atoms with Crippen LogP contribution in [0.1, 0.15) is 44.1 Å². The Morgan fingerprint density at radius 3 is 3.00 bits per heavy atom. The van der Waals surface area contributed by atoms with Crippen LogP contribution in [0.3, 0.4) is 0 Å². The van der Waals surface area contributed by atoms with Gasteiger partial charge in [-0.05, 0) is 68.7 Å². The highest BCUT2D eigenvalue weighted by atomic mass is 16.7. The summed E-state index contributed by atoms with van der Waals surface area (Å²) in [5.74, 6) is 3.60. The molecule has 1 radical (unpaired) electrons. The van der Waals surface area contributed by atoms with Crippen molar-refractivity contribution in [3.8, 4) is 11.5 Å². The Morgan fingerprint density at radius 2 is 2.05 bits per heavy atom. The monoisotopic (exact) mass is 300 g/mol. The van der Waals surface area contributed by atoms with Crippen LogP contribution in [0.25, 0.3) is 0 Å². The number of benzene rings is 1. The maximum atomic E-state index is 5.45. The Kier molecular flexibility index (Phi) is 4.00. The molecule has 1 aromatic rings. The molecule has 2 fully saturated rings. The SMILES string of the molecule is CN1CC(CC[CH]c2ccc3c(c2)OCO3)C2CCCCC21. The van der Waals surface area contributed by atoms with Gasteiger partial charge >= 0.3 is 0 Å². The lowest BCUT2D eigenvalue weighted by atomic mass is 9.78. The zero-order valence-corrected chi connectivity index (χ0v) is 13.5. The summed E-state index contributed by atoms with van der Waals surface area (Å²) in [4.78, 5) is 2.62. The van der Waals surface area contributed by atoms with Crippen LogP contribution in [-0.2, 0) is 0 Å². The third kappa shape index (κ3) is 2.71. The summed E-state index contributed by atoms with van der Waals surface area (Å²) in [6.07, 6.45) is 10.6. The molecule has 0 aromatic heterocycles. The lowest BCUT2D eigenvalue weighted by Gasteiger charge is -2.30. The Hall–Kier alpha value is -1.22. The number of ether oxygens (including phenoxy) is 2. The number of likely N-dealkylation sites (tertiary alicyclic amines) is 1. The first-order chi connectivity index (χ1) is 10.8. The summed E-state index contributed by atoms with van der Waals surface area (Å²) in [6.45, 7) is 1.65. The molecule has 3 heteroatoms. The first-order valence-electron chi connectivity index (χ1n) is 8.74. The van der Waals surface area contributed by atoms with Crippen molar-refractivity contribution in [3.05, 3.63) is 30.2 Å². The Morgan fingerprint density at radius 1 is 1.18 bits per heavy atom. The van der Waals surface area contributed by atoms with E-state index in [4.69, 9.17) is 9.47 Å². The van der Waals surface area contributed by atoms with Gasteiger partial charge in [0.05, 0.1) is 0 Å². The molecule has 0 spiro atoms. The van der Waals surface area contributed by atoms with E-state index in [1.54, 1.807) is 0 Å². The highest BCUT2D eigenvalue weighted by Crippen LogP contribution is 2.41. The minimum absolute atomic E-state index is 0.357. The third-order valence-corrected chi connectivity index (χ3v) is 5.79. The fourth-order valence-electron chi connectivity index (χ4n) is 4.69. The minimum atomic E-state index is 0.357. The molecule has 1 aliphatic carbocycles. The topological polar surface area (TPSA) is 21.7 Å². The molecular weight excluding hydrogens is 274 g/mol. The molecule has 3 atom stereocenters. The molecule has 3 unspecified atom stereocenters. The van der Waals surface area contributed by atoms with Gasteiger partial charge in [-0.2, -0.15) is 0 Å². The molecule has 3 nitrogen and oxygen atoms in total. The van der Waals surface area contributed by atoms with E-state index in [1.165, 1.54) is 50.6 Å². The molecule has 4 rings (SSSR count). The fourth-order valence-corrected chi connectivity index (χ4v) is 4.69. The second kappa shape index (κ2) is 6.11. The number of fused-ring (bicyclic) bond motifs is 2. The molecule has 3 aliphatic rings. The second-order valence-corrected chi connectivity index (χ2v) is 7.11. The molecule has 0 bridgehead atoms. The molecular formula is C19H26NO2. The van der Waals surface area contributed by atoms with E-state index in [9.17, 15) is 0 Å². The van der Waals surface area contributed by atoms with Gasteiger partial charge in [0.25, 0.3) is 0 Å². The second-order valence-electron chi connectivity index (χ2n) is 7.11. The Bertz CT molecular complexity index is 530. The van der Waals surface area contributed by atoms with E-state index in [0.29, 0.717) is 6.79 Å². The summed E-state index contributed by atoms with van der Waals surface area (Å²) in [5.41, 5.74) is 1.26. The number of rotatable bonds is 4. The van der Waals surface area contributed by atoms with E-state index in [2.05, 4.69) is 30.5 Å². The predicted octanol–water partition coefficient (Wildman–Crippen LogP) is 3.87. The van der Waals surface area contributed by atoms with Crippen LogP contribution in [0.4, 0.5) is 0 Å². The number of hydrogen-bond donors (Lipinski definition) is 0. The van der Waals surface area contributed by atoms with Crippen LogP contribution >= 0.6 is 0 Å². The molecule has 1 saturated carbocycles. The van der Waals surface area contributed by atoms with E-state index in [1.807, 2.05) is 6.07 Å². The minimum Gasteiger partial charge on any atom is -0.454 e. The largest absolute Gasteiger partial charge is 0.454 e. The van der Waals surface area contributed by atoms with Crippen molar-refractivity contribution in [3.63, 3.8) is 0 Å². The van der Waals surface area contributed by atoms with Crippen LogP contribution in [0, 0.1) is 18.3 Å². The predicted molar refractivity (Wildman–Crippen MR) is 87.1 cm³/mol. The maximum absolute atomic E-state index is 5.45. The quantitative estimate of drug-likeness (QED) is 0.842. The van der Waals surface area contributed by atoms with Gasteiger partial charge in [0.15, 0.2) is 11.5 Å². The highest BCUT2D eigenvalue weighted by molar-refractivity contribution is 5.46. The molecule has 1 aromatic carbocycles. The van der Waals surface area contributed by atoms with Crippen molar-refractivity contribution in [1.82, 2.24) is 4.90 Å². The number of nitrogens with zero attached hydrogens (tertiary/aromatic N) is 1. The van der Waals surface area contributed by atoms with Crippen molar-refractivity contribution in [2.45, 2.75) is 44.6 Å². The molecule has 119 valence electrons. The average Bonchev–Trinajstić information content (AvgIpc) is 3.13. The van der Waals surface area contributed by atoms with Crippen molar-refractivity contribution in [2.24, 2.45) is 11.8 Å². The van der Waals surface area contributed by atoms with Crippen molar-refractivity contribution in [1.29, 1.82) is 0 Å². The van der Waals surface area contributed by atoms with E-state index in [-0.39, 0.29) is 0 Å². The molecule has 0 amide bonds. The van der Waals surface area contributed by atoms with Crippen LogP contribution in [0.15, 0.2) is 18.2 Å². The summed E-state index contributed by atoms with van der Waals surface area (Å²) >= 11 is 0. The van der Waals surface area contributed by atoms with Crippen LogP contribution < -0.4 is 9.47 Å². The lowest BCUT2D eigenvalue weighted by molar-refractivity contribution is 0.174. The molecule has 22 heavy (non-hydrogen) atoms. The van der Waals surface area contributed by atoms with Crippen LogP contribution in [0.5, 0.6) is 11.5 Å². The molecule has 0 N–H and O–H groups in total. The van der Waals surface area contributed by atoms with Gasteiger partial charge in [-0.25, -0.2) is 0 Å². The van der Waals surface area contributed by atoms with Gasteiger partial charge in [-0.3, -0.25) is 0 Å². The van der Waals surface area contributed by atoms with Gasteiger partial charge in [-0.1, -0.05) is 18.9 Å². The summed E-state index contributed by atoms with van der Waals surface area (Å²) in [5, 5.41) is 0. The zero-order valence-electron chi connectivity index (χ0n) is 13.5. The highest BCUT2D eigenvalue weighted by Gasteiger charge is 2.40. The summed E-state index contributed by atoms with van der Waals surface area (Å²) in [7, 11) is 2.32. The summed E-state index contributed by atoms with van der Waals surface area (Å²) in [6, 6.07) is 7.13. The van der Waals surface area contributed by atoms with Crippen molar-refractivity contribution >= 4 is 0 Å². The smallest absolute Gasteiger partial charge is 0.231 e. The maximum Gasteiger partial charge on any atom is 0.231 e. The van der Waals surface area contributed by atoms with E-state index >= 15 is 0 Å². The number of hydrogen-bond acceptors (Lipinski definition) is 3. The average molecular weight is 300 g/mol. The van der Waals surface area contributed by atoms with Crippen molar-refractivity contribution in [2.75, 3.05) is 20.4 Å². The van der Waals surface area contributed by atoms with Crippen LogP contribution in [-0.4, -0.2) is 31.3 Å². The lowest BCUT2D eigenvalue weighted by Crippen LogP contribution is -2.31. The van der Waals surface area contributed by atoms with Crippen molar-refractivity contribution < 1.29 is 9.47 Å². The first-order valence-corrected chi connectivity index (χ1v) is 8.74.